The van der Waals surface area contributed by atoms with E-state index >= 15 is 0 Å². The SMILES string of the molecule is CC1(NC(=O)C2COCC2N)CCOC1. The molecule has 0 aromatic carbocycles. The van der Waals surface area contributed by atoms with Crippen LogP contribution in [-0.4, -0.2) is 43.9 Å². The normalized spacial score (nSPS) is 40.7. The number of carbonyl (C=O) groups excluding carboxylic acids is 1. The lowest BCUT2D eigenvalue weighted by Gasteiger charge is -2.26. The number of hydrogen-bond acceptors (Lipinski definition) is 4. The van der Waals surface area contributed by atoms with Crippen LogP contribution in [0.5, 0.6) is 0 Å². The maximum Gasteiger partial charge on any atom is 0.227 e. The highest BCUT2D eigenvalue weighted by atomic mass is 16.5. The fourth-order valence-corrected chi connectivity index (χ4v) is 2.00. The fraction of sp³-hybridized carbons (Fsp3) is 0.900. The second-order valence-electron chi connectivity index (χ2n) is 4.66. The summed E-state index contributed by atoms with van der Waals surface area (Å²) < 4.78 is 10.4. The Bertz CT molecular complexity index is 251. The molecule has 0 aromatic heterocycles. The highest BCUT2D eigenvalue weighted by molar-refractivity contribution is 5.80. The molecule has 2 aliphatic heterocycles. The largest absolute Gasteiger partial charge is 0.379 e. The number of amides is 1. The van der Waals surface area contributed by atoms with Gasteiger partial charge in [-0.3, -0.25) is 4.79 Å². The van der Waals surface area contributed by atoms with E-state index in [1.54, 1.807) is 0 Å². The lowest BCUT2D eigenvalue weighted by molar-refractivity contribution is -0.127. The smallest absolute Gasteiger partial charge is 0.227 e. The molecule has 2 heterocycles. The lowest BCUT2D eigenvalue weighted by Crippen LogP contribution is -2.51. The first-order valence-electron chi connectivity index (χ1n) is 5.34. The summed E-state index contributed by atoms with van der Waals surface area (Å²) in [5, 5.41) is 3.00. The van der Waals surface area contributed by atoms with Crippen LogP contribution in [0.15, 0.2) is 0 Å². The molecular weight excluding hydrogens is 196 g/mol. The molecular formula is C10H18N2O3. The van der Waals surface area contributed by atoms with Crippen molar-refractivity contribution in [1.29, 1.82) is 0 Å². The Morgan fingerprint density at radius 1 is 1.47 bits per heavy atom. The molecule has 3 unspecified atom stereocenters. The highest BCUT2D eigenvalue weighted by Gasteiger charge is 2.37. The summed E-state index contributed by atoms with van der Waals surface area (Å²) in [4.78, 5) is 11.9. The van der Waals surface area contributed by atoms with Gasteiger partial charge in [-0.05, 0) is 13.3 Å². The minimum Gasteiger partial charge on any atom is -0.379 e. The van der Waals surface area contributed by atoms with Crippen LogP contribution in [0.25, 0.3) is 0 Å². The van der Waals surface area contributed by atoms with E-state index in [1.165, 1.54) is 0 Å². The zero-order valence-corrected chi connectivity index (χ0v) is 8.99. The second kappa shape index (κ2) is 4.08. The van der Waals surface area contributed by atoms with Crippen LogP contribution in [0.3, 0.4) is 0 Å². The van der Waals surface area contributed by atoms with Crippen molar-refractivity contribution in [2.75, 3.05) is 26.4 Å². The number of carbonyl (C=O) groups is 1. The van der Waals surface area contributed by atoms with Crippen molar-refractivity contribution in [2.24, 2.45) is 11.7 Å². The van der Waals surface area contributed by atoms with E-state index in [1.807, 2.05) is 6.92 Å². The summed E-state index contributed by atoms with van der Waals surface area (Å²) in [5.74, 6) is -0.213. The van der Waals surface area contributed by atoms with Crippen LogP contribution in [0.1, 0.15) is 13.3 Å². The molecule has 0 aliphatic carbocycles. The van der Waals surface area contributed by atoms with Crippen molar-refractivity contribution in [3.8, 4) is 0 Å². The molecule has 2 saturated heterocycles. The average Bonchev–Trinajstić information content (AvgIpc) is 2.74. The predicted octanol–water partition coefficient (Wildman–Crippen LogP) is -0.745. The van der Waals surface area contributed by atoms with Crippen LogP contribution in [0.2, 0.25) is 0 Å². The minimum absolute atomic E-state index is 0.00648. The summed E-state index contributed by atoms with van der Waals surface area (Å²) in [6, 6.07) is -0.170. The summed E-state index contributed by atoms with van der Waals surface area (Å²) in [6.45, 7) is 4.21. The monoisotopic (exact) mass is 214 g/mol. The third-order valence-corrected chi connectivity index (χ3v) is 3.11. The number of hydrogen-bond donors (Lipinski definition) is 2. The Morgan fingerprint density at radius 3 is 2.80 bits per heavy atom. The van der Waals surface area contributed by atoms with Crippen LogP contribution >= 0.6 is 0 Å². The summed E-state index contributed by atoms with van der Waals surface area (Å²) in [6.07, 6.45) is 0.863. The van der Waals surface area contributed by atoms with Gasteiger partial charge >= 0.3 is 0 Å². The van der Waals surface area contributed by atoms with Gasteiger partial charge in [0.15, 0.2) is 0 Å². The molecule has 3 atom stereocenters. The Morgan fingerprint density at radius 2 is 2.27 bits per heavy atom. The van der Waals surface area contributed by atoms with Gasteiger partial charge in [-0.15, -0.1) is 0 Å². The van der Waals surface area contributed by atoms with Crippen molar-refractivity contribution < 1.29 is 14.3 Å². The van der Waals surface area contributed by atoms with Crippen molar-refractivity contribution in [1.82, 2.24) is 5.32 Å². The maximum absolute atomic E-state index is 11.9. The standard InChI is InChI=1S/C10H18N2O3/c1-10(2-3-14-6-10)12-9(13)7-4-15-5-8(7)11/h7-8H,2-6,11H2,1H3,(H,12,13). The Kier molecular flexibility index (Phi) is 2.95. The van der Waals surface area contributed by atoms with E-state index in [2.05, 4.69) is 5.32 Å². The summed E-state index contributed by atoms with van der Waals surface area (Å²) in [7, 11) is 0. The molecule has 15 heavy (non-hydrogen) atoms. The molecule has 1 amide bonds. The third-order valence-electron chi connectivity index (χ3n) is 3.11. The van der Waals surface area contributed by atoms with Gasteiger partial charge in [-0.25, -0.2) is 0 Å². The number of nitrogens with two attached hydrogens (primary N) is 1. The molecule has 0 bridgehead atoms. The molecule has 0 saturated carbocycles. The van der Waals surface area contributed by atoms with Gasteiger partial charge in [-0.1, -0.05) is 0 Å². The number of rotatable bonds is 2. The predicted molar refractivity (Wildman–Crippen MR) is 54.3 cm³/mol. The van der Waals surface area contributed by atoms with E-state index in [0.29, 0.717) is 26.4 Å². The number of nitrogens with one attached hydrogen (secondary N) is 1. The molecule has 5 heteroatoms. The van der Waals surface area contributed by atoms with E-state index in [4.69, 9.17) is 15.2 Å². The van der Waals surface area contributed by atoms with Gasteiger partial charge in [0, 0.05) is 12.6 Å². The fourth-order valence-electron chi connectivity index (χ4n) is 2.00. The second-order valence-corrected chi connectivity index (χ2v) is 4.66. The van der Waals surface area contributed by atoms with Crippen molar-refractivity contribution in [3.63, 3.8) is 0 Å². The van der Waals surface area contributed by atoms with E-state index < -0.39 is 0 Å². The van der Waals surface area contributed by atoms with Gasteiger partial charge in [0.1, 0.15) is 0 Å². The molecule has 0 spiro atoms. The average molecular weight is 214 g/mol. The molecule has 2 fully saturated rings. The zero-order chi connectivity index (χ0) is 10.9. The first-order valence-corrected chi connectivity index (χ1v) is 5.34. The Balaban J connectivity index is 1.91. The van der Waals surface area contributed by atoms with Gasteiger partial charge in [0.05, 0.1) is 31.3 Å². The quantitative estimate of drug-likeness (QED) is 0.634. The summed E-state index contributed by atoms with van der Waals surface area (Å²) in [5.41, 5.74) is 5.56. The van der Waals surface area contributed by atoms with Gasteiger partial charge in [0.25, 0.3) is 0 Å². The van der Waals surface area contributed by atoms with Gasteiger partial charge in [-0.2, -0.15) is 0 Å². The molecule has 0 aromatic rings. The van der Waals surface area contributed by atoms with Crippen molar-refractivity contribution in [3.05, 3.63) is 0 Å². The van der Waals surface area contributed by atoms with Gasteiger partial charge < -0.3 is 20.5 Å². The van der Waals surface area contributed by atoms with Gasteiger partial charge in [0.2, 0.25) is 5.91 Å². The molecule has 5 nitrogen and oxygen atoms in total. The lowest BCUT2D eigenvalue weighted by atomic mass is 9.98. The molecule has 0 radical (unpaired) electrons. The van der Waals surface area contributed by atoms with Crippen LogP contribution in [0.4, 0.5) is 0 Å². The zero-order valence-electron chi connectivity index (χ0n) is 8.99. The van der Waals surface area contributed by atoms with Crippen LogP contribution < -0.4 is 11.1 Å². The highest BCUT2D eigenvalue weighted by Crippen LogP contribution is 2.20. The van der Waals surface area contributed by atoms with E-state index in [9.17, 15) is 4.79 Å². The van der Waals surface area contributed by atoms with E-state index in [0.717, 1.165) is 6.42 Å². The van der Waals surface area contributed by atoms with E-state index in [-0.39, 0.29) is 23.4 Å². The first kappa shape index (κ1) is 10.9. The molecule has 3 N–H and O–H groups in total. The maximum atomic E-state index is 11.9. The van der Waals surface area contributed by atoms with Crippen LogP contribution in [0, 0.1) is 5.92 Å². The van der Waals surface area contributed by atoms with Crippen molar-refractivity contribution >= 4 is 5.91 Å². The Labute approximate surface area is 89.3 Å². The van der Waals surface area contributed by atoms with Crippen molar-refractivity contribution in [2.45, 2.75) is 24.9 Å². The molecule has 2 aliphatic rings. The third kappa shape index (κ3) is 2.30. The minimum atomic E-state index is -0.223. The molecule has 86 valence electrons. The number of ether oxygens (including phenoxy) is 2. The topological polar surface area (TPSA) is 73.6 Å². The van der Waals surface area contributed by atoms with Crippen LogP contribution in [-0.2, 0) is 14.3 Å². The Hall–Kier alpha value is -0.650. The molecule has 2 rings (SSSR count). The first-order chi connectivity index (χ1) is 7.11. The summed E-state index contributed by atoms with van der Waals surface area (Å²) >= 11 is 0.